The number of fused-ring (bicyclic) bond motifs is 10. The van der Waals surface area contributed by atoms with Crippen LogP contribution < -0.4 is 0 Å². The van der Waals surface area contributed by atoms with Crippen molar-refractivity contribution in [2.45, 2.75) is 13.7 Å². The third-order valence-corrected chi connectivity index (χ3v) is 6.90. The molecule has 0 saturated heterocycles. The molecule has 3 nitrogen and oxygen atoms in total. The number of hydrogen-bond donors (Lipinski definition) is 0. The van der Waals surface area contributed by atoms with Crippen LogP contribution in [0.2, 0.25) is 0 Å². The largest absolute Gasteiger partial charge is 0.456 e. The van der Waals surface area contributed by atoms with E-state index >= 15 is 0 Å². The van der Waals surface area contributed by atoms with Gasteiger partial charge in [-0.3, -0.25) is 0 Å². The molecule has 0 unspecified atom stereocenters. The zero-order chi connectivity index (χ0) is 31.3. The average Bonchev–Trinajstić information content (AvgIpc) is 3.43. The fourth-order valence-corrected chi connectivity index (χ4v) is 5.18. The number of aryl methyl sites for hydroxylation is 2. The summed E-state index contributed by atoms with van der Waals surface area (Å²) in [6.07, 6.45) is 2.96. The summed E-state index contributed by atoms with van der Waals surface area (Å²) in [5, 5.41) is 4.99. The summed E-state index contributed by atoms with van der Waals surface area (Å²) >= 11 is 0. The first-order valence-corrected chi connectivity index (χ1v) is 12.5. The van der Waals surface area contributed by atoms with Gasteiger partial charge in [0.05, 0.1) is 0 Å². The molecule has 5 aromatic carbocycles. The van der Waals surface area contributed by atoms with Gasteiger partial charge in [-0.15, -0.1) is 65.5 Å². The molecule has 195 valence electrons. The second-order valence-corrected chi connectivity index (χ2v) is 9.18. The van der Waals surface area contributed by atoms with Gasteiger partial charge < -0.3 is 14.4 Å². The van der Waals surface area contributed by atoms with Crippen LogP contribution in [-0.4, -0.2) is 9.97 Å². The molecular weight excluding hydrogens is 669 g/mol. The van der Waals surface area contributed by atoms with E-state index in [1.165, 1.54) is 6.20 Å². The van der Waals surface area contributed by atoms with Gasteiger partial charge in [-0.2, -0.15) is 0 Å². The van der Waals surface area contributed by atoms with Crippen LogP contribution in [0.15, 0.2) is 114 Å². The molecule has 0 bridgehead atoms. The summed E-state index contributed by atoms with van der Waals surface area (Å²) in [4.78, 5) is 8.68. The molecule has 0 aliphatic carbocycles. The Morgan fingerprint density at radius 2 is 1.52 bits per heavy atom. The predicted molar refractivity (Wildman–Crippen MR) is 161 cm³/mol. The first kappa shape index (κ1) is 19.7. The average molecular weight is 699 g/mol. The van der Waals surface area contributed by atoms with Crippen molar-refractivity contribution in [2.75, 3.05) is 0 Å². The monoisotopic (exact) mass is 699 g/mol. The van der Waals surface area contributed by atoms with Crippen molar-refractivity contribution in [1.82, 2.24) is 9.97 Å². The van der Waals surface area contributed by atoms with Crippen LogP contribution in [0.3, 0.4) is 0 Å². The van der Waals surface area contributed by atoms with Crippen LogP contribution >= 0.6 is 0 Å². The van der Waals surface area contributed by atoms with Crippen molar-refractivity contribution in [1.29, 1.82) is 0 Å². The third kappa shape index (κ3) is 4.26. The molecule has 8 rings (SSSR count). The number of furan rings is 1. The van der Waals surface area contributed by atoms with Gasteiger partial charge in [0.15, 0.2) is 0 Å². The number of hydrogen-bond acceptors (Lipinski definition) is 3. The summed E-state index contributed by atoms with van der Waals surface area (Å²) in [5.74, 6) is 0. The topological polar surface area (TPSA) is 38.9 Å². The van der Waals surface area contributed by atoms with Gasteiger partial charge >= 0.3 is 0 Å². The second-order valence-electron chi connectivity index (χ2n) is 9.18. The standard InChI is InChI=1S/C25H16NO.C11H8N.Ir/c1-14-13-26-25-17-8-4-3-7-16(17)23-19(22(25)15(14)2)11-12-21-24(23)18-9-5-6-10-20(18)27-21;1-2-6-10(7-3-1)11-8-4-5-9-12-11;/h3-7,9-13H,1-2H3;1-6,8-9H;/q2*-1;/i1D3,2D3;;. The van der Waals surface area contributed by atoms with E-state index in [4.69, 9.17) is 12.6 Å². The van der Waals surface area contributed by atoms with Gasteiger partial charge in [-0.1, -0.05) is 41.8 Å². The van der Waals surface area contributed by atoms with Crippen molar-refractivity contribution < 1.29 is 32.7 Å². The molecule has 0 aliphatic heterocycles. The van der Waals surface area contributed by atoms with Gasteiger partial charge in [0, 0.05) is 51.5 Å². The maximum atomic E-state index is 8.25. The number of rotatable bonds is 1. The van der Waals surface area contributed by atoms with Gasteiger partial charge in [-0.25, -0.2) is 0 Å². The van der Waals surface area contributed by atoms with Crippen LogP contribution in [0.1, 0.15) is 19.4 Å². The second kappa shape index (κ2) is 10.7. The quantitative estimate of drug-likeness (QED) is 0.127. The molecule has 1 radical (unpaired) electrons. The van der Waals surface area contributed by atoms with Crippen molar-refractivity contribution in [3.8, 4) is 11.3 Å². The van der Waals surface area contributed by atoms with Gasteiger partial charge in [-0.05, 0) is 70.4 Å². The van der Waals surface area contributed by atoms with Crippen molar-refractivity contribution in [2.24, 2.45) is 0 Å². The van der Waals surface area contributed by atoms with Gasteiger partial charge in [0.1, 0.15) is 11.2 Å². The van der Waals surface area contributed by atoms with Crippen molar-refractivity contribution in [3.63, 3.8) is 0 Å². The van der Waals surface area contributed by atoms with E-state index in [0.717, 1.165) is 38.4 Å². The van der Waals surface area contributed by atoms with Crippen molar-refractivity contribution in [3.05, 3.63) is 133 Å². The number of aromatic nitrogens is 2. The minimum atomic E-state index is -2.66. The van der Waals surface area contributed by atoms with E-state index in [9.17, 15) is 0 Å². The molecule has 0 atom stereocenters. The van der Waals surface area contributed by atoms with Crippen LogP contribution in [-0.2, 0) is 20.1 Å². The van der Waals surface area contributed by atoms with E-state index < -0.39 is 13.7 Å². The maximum Gasteiger partial charge on any atom is 0.135 e. The van der Waals surface area contributed by atoms with E-state index in [1.54, 1.807) is 24.4 Å². The molecular formula is C36H24IrN2O-2. The first-order chi connectivity index (χ1) is 21.6. The molecule has 0 amide bonds. The molecule has 0 fully saturated rings. The first-order valence-electron chi connectivity index (χ1n) is 15.5. The predicted octanol–water partition coefficient (Wildman–Crippen LogP) is 9.40. The molecule has 40 heavy (non-hydrogen) atoms. The van der Waals surface area contributed by atoms with Crippen LogP contribution in [0, 0.1) is 25.8 Å². The Morgan fingerprint density at radius 3 is 2.35 bits per heavy atom. The molecule has 0 N–H and O–H groups in total. The molecule has 0 aliphatic rings. The van der Waals surface area contributed by atoms with E-state index in [1.807, 2.05) is 78.9 Å². The van der Waals surface area contributed by atoms with Crippen LogP contribution in [0.25, 0.3) is 65.6 Å². The fraction of sp³-hybridized carbons (Fsp3) is 0.0556. The Bertz CT molecular complexity index is 2310. The molecule has 3 heterocycles. The van der Waals surface area contributed by atoms with E-state index in [2.05, 4.69) is 22.1 Å². The summed E-state index contributed by atoms with van der Waals surface area (Å²) in [6, 6.07) is 36.9. The Morgan fingerprint density at radius 1 is 0.675 bits per heavy atom. The molecule has 4 heteroatoms. The number of benzene rings is 5. The van der Waals surface area contributed by atoms with Gasteiger partial charge in [0.2, 0.25) is 0 Å². The number of pyridine rings is 2. The van der Waals surface area contributed by atoms with Crippen molar-refractivity contribution >= 4 is 54.4 Å². The minimum absolute atomic E-state index is 0. The summed E-state index contributed by atoms with van der Waals surface area (Å²) in [6.45, 7) is -5.28. The SMILES string of the molecule is [2H]C([2H])([2H])c1cnc2c3[c-]cccc3c3c(ccc4oc5ccccc5c43)c2c1C([2H])([2H])[2H].[Ir].[c-]1ccccc1-c1ccccn1. The minimum Gasteiger partial charge on any atom is -0.456 e. The Balaban J connectivity index is 0.000000241. The molecule has 0 saturated carbocycles. The third-order valence-electron chi connectivity index (χ3n) is 6.90. The van der Waals surface area contributed by atoms with Gasteiger partial charge in [0.25, 0.3) is 0 Å². The Kier molecular flexibility index (Phi) is 5.23. The van der Waals surface area contributed by atoms with Crippen LogP contribution in [0.5, 0.6) is 0 Å². The number of nitrogens with zero attached hydrogens (tertiary/aromatic N) is 2. The molecule has 3 aromatic heterocycles. The Hall–Kier alpha value is -4.37. The summed E-state index contributed by atoms with van der Waals surface area (Å²) < 4.78 is 54.7. The number of para-hydroxylation sites is 1. The summed E-state index contributed by atoms with van der Waals surface area (Å²) in [7, 11) is 0. The van der Waals surface area contributed by atoms with E-state index in [0.29, 0.717) is 27.3 Å². The smallest absolute Gasteiger partial charge is 0.135 e. The fourth-order valence-electron chi connectivity index (χ4n) is 5.18. The zero-order valence-corrected chi connectivity index (χ0v) is 23.4. The molecule has 8 aromatic rings. The normalized spacial score (nSPS) is 13.9. The van der Waals surface area contributed by atoms with E-state index in [-0.39, 0.29) is 31.2 Å². The van der Waals surface area contributed by atoms with Crippen LogP contribution in [0.4, 0.5) is 0 Å². The zero-order valence-electron chi connectivity index (χ0n) is 27.0. The maximum absolute atomic E-state index is 8.25. The summed E-state index contributed by atoms with van der Waals surface area (Å²) in [5.41, 5.74) is 3.37. The molecule has 0 spiro atoms. The Labute approximate surface area is 254 Å².